The van der Waals surface area contributed by atoms with Crippen molar-refractivity contribution in [2.24, 2.45) is 0 Å². The zero-order valence-corrected chi connectivity index (χ0v) is 10.0. The Labute approximate surface area is 108 Å². The van der Waals surface area contributed by atoms with Gasteiger partial charge in [-0.05, 0) is 24.3 Å². The summed E-state index contributed by atoms with van der Waals surface area (Å²) >= 11 is 0. The van der Waals surface area contributed by atoms with E-state index in [1.54, 1.807) is 12.1 Å². The summed E-state index contributed by atoms with van der Waals surface area (Å²) in [5.41, 5.74) is 0.690. The highest BCUT2D eigenvalue weighted by atomic mass is 16.4. The zero-order chi connectivity index (χ0) is 14.8. The Balaban J connectivity index is 0.000000362. The molecule has 0 aliphatic heterocycles. The molecule has 1 aromatic carbocycles. The first kappa shape index (κ1) is 16.2. The van der Waals surface area contributed by atoms with Crippen LogP contribution in [0.5, 0.6) is 5.75 Å². The number of phenols is 1. The first-order valence-electron chi connectivity index (χ1n) is 5.02. The number of carbonyl (C=O) groups is 3. The van der Waals surface area contributed by atoms with Crippen LogP contribution in [0.15, 0.2) is 36.4 Å². The lowest BCUT2D eigenvalue weighted by Gasteiger charge is -1.99. The number of benzene rings is 1. The third-order valence-electron chi connectivity index (χ3n) is 1.56. The number of carboxylic acids is 2. The van der Waals surface area contributed by atoms with Crippen molar-refractivity contribution in [3.8, 4) is 5.75 Å². The molecule has 0 spiro atoms. The van der Waals surface area contributed by atoms with Gasteiger partial charge in [0.1, 0.15) is 5.75 Å². The van der Waals surface area contributed by atoms with E-state index in [2.05, 4.69) is 5.32 Å². The lowest BCUT2D eigenvalue weighted by atomic mass is 10.3. The van der Waals surface area contributed by atoms with E-state index in [4.69, 9.17) is 15.3 Å². The van der Waals surface area contributed by atoms with Crippen LogP contribution in [0.1, 0.15) is 6.92 Å². The number of nitrogens with one attached hydrogen (secondary N) is 1. The van der Waals surface area contributed by atoms with Crippen molar-refractivity contribution < 1.29 is 29.7 Å². The second-order valence-electron chi connectivity index (χ2n) is 3.24. The molecule has 4 N–H and O–H groups in total. The van der Waals surface area contributed by atoms with Gasteiger partial charge in [0, 0.05) is 24.8 Å². The van der Waals surface area contributed by atoms with E-state index < -0.39 is 11.9 Å². The summed E-state index contributed by atoms with van der Waals surface area (Å²) in [5.74, 6) is -2.44. The minimum Gasteiger partial charge on any atom is -0.508 e. The third kappa shape index (κ3) is 10.1. The third-order valence-corrected chi connectivity index (χ3v) is 1.56. The van der Waals surface area contributed by atoms with Gasteiger partial charge >= 0.3 is 11.9 Å². The van der Waals surface area contributed by atoms with Crippen molar-refractivity contribution in [2.75, 3.05) is 5.32 Å². The summed E-state index contributed by atoms with van der Waals surface area (Å²) < 4.78 is 0. The normalized spacial score (nSPS) is 9.32. The Morgan fingerprint density at radius 1 is 1.00 bits per heavy atom. The van der Waals surface area contributed by atoms with Gasteiger partial charge in [0.05, 0.1) is 0 Å². The van der Waals surface area contributed by atoms with E-state index in [1.807, 2.05) is 0 Å². The van der Waals surface area contributed by atoms with E-state index in [-0.39, 0.29) is 11.7 Å². The predicted octanol–water partition coefficient (Wildman–Crippen LogP) is 1.06. The lowest BCUT2D eigenvalue weighted by Crippen LogP contribution is -2.04. The molecule has 0 unspecified atom stereocenters. The molecule has 7 nitrogen and oxygen atoms in total. The molecule has 0 heterocycles. The smallest absolute Gasteiger partial charge is 0.328 e. The summed E-state index contributed by atoms with van der Waals surface area (Å²) in [6.07, 6.45) is 1.12. The number of hydrogen-bond acceptors (Lipinski definition) is 4. The molecule has 1 amide bonds. The van der Waals surface area contributed by atoms with E-state index in [1.165, 1.54) is 19.1 Å². The van der Waals surface area contributed by atoms with Gasteiger partial charge in [0.15, 0.2) is 0 Å². The molecule has 19 heavy (non-hydrogen) atoms. The SMILES string of the molecule is CC(=O)Nc1ccc(O)cc1.O=C(O)/C=C/C(=O)O. The average Bonchev–Trinajstić information content (AvgIpc) is 2.30. The minimum atomic E-state index is -1.26. The number of rotatable bonds is 3. The van der Waals surface area contributed by atoms with Crippen molar-refractivity contribution in [2.45, 2.75) is 6.92 Å². The van der Waals surface area contributed by atoms with Crippen molar-refractivity contribution in [1.29, 1.82) is 0 Å². The average molecular weight is 267 g/mol. The topological polar surface area (TPSA) is 124 Å². The number of phenolic OH excluding ortho intramolecular Hbond substituents is 1. The van der Waals surface area contributed by atoms with Crippen LogP contribution >= 0.6 is 0 Å². The molecule has 1 rings (SSSR count). The summed E-state index contributed by atoms with van der Waals surface area (Å²) in [7, 11) is 0. The first-order valence-corrected chi connectivity index (χ1v) is 5.02. The number of hydrogen-bond donors (Lipinski definition) is 4. The number of carbonyl (C=O) groups excluding carboxylic acids is 1. The van der Waals surface area contributed by atoms with Crippen LogP contribution < -0.4 is 5.32 Å². The molecular weight excluding hydrogens is 254 g/mol. The van der Waals surface area contributed by atoms with Crippen molar-refractivity contribution in [1.82, 2.24) is 0 Å². The van der Waals surface area contributed by atoms with Crippen LogP contribution in [0.25, 0.3) is 0 Å². The van der Waals surface area contributed by atoms with Gasteiger partial charge < -0.3 is 20.6 Å². The molecule has 1 aromatic rings. The highest BCUT2D eigenvalue weighted by Crippen LogP contribution is 2.13. The van der Waals surface area contributed by atoms with Gasteiger partial charge in [-0.3, -0.25) is 4.79 Å². The Morgan fingerprint density at radius 3 is 1.74 bits per heavy atom. The summed E-state index contributed by atoms with van der Waals surface area (Å²) in [6.45, 7) is 1.44. The Morgan fingerprint density at radius 2 is 1.42 bits per heavy atom. The van der Waals surface area contributed by atoms with Crippen molar-refractivity contribution in [3.05, 3.63) is 36.4 Å². The number of anilines is 1. The van der Waals surface area contributed by atoms with E-state index in [9.17, 15) is 14.4 Å². The van der Waals surface area contributed by atoms with Gasteiger partial charge in [-0.15, -0.1) is 0 Å². The maximum atomic E-state index is 10.5. The van der Waals surface area contributed by atoms with Crippen LogP contribution in [0.2, 0.25) is 0 Å². The van der Waals surface area contributed by atoms with Crippen molar-refractivity contribution >= 4 is 23.5 Å². The van der Waals surface area contributed by atoms with E-state index in [0.29, 0.717) is 17.8 Å². The predicted molar refractivity (Wildman–Crippen MR) is 66.8 cm³/mol. The number of aromatic hydroxyl groups is 1. The number of carboxylic acid groups (broad SMARTS) is 2. The second kappa shape index (κ2) is 8.29. The first-order chi connectivity index (χ1) is 8.81. The maximum absolute atomic E-state index is 10.5. The van der Waals surface area contributed by atoms with Gasteiger partial charge in [0.25, 0.3) is 0 Å². The van der Waals surface area contributed by atoms with E-state index in [0.717, 1.165) is 0 Å². The van der Waals surface area contributed by atoms with Gasteiger partial charge in [-0.25, -0.2) is 9.59 Å². The highest BCUT2D eigenvalue weighted by Gasteiger charge is 1.93. The van der Waals surface area contributed by atoms with Crippen LogP contribution in [0, 0.1) is 0 Å². The fourth-order valence-corrected chi connectivity index (χ4v) is 0.891. The fourth-order valence-electron chi connectivity index (χ4n) is 0.891. The summed E-state index contributed by atoms with van der Waals surface area (Å²) in [5, 5.41) is 27.1. The van der Waals surface area contributed by atoms with E-state index >= 15 is 0 Å². The van der Waals surface area contributed by atoms with Crippen LogP contribution in [-0.2, 0) is 14.4 Å². The van der Waals surface area contributed by atoms with Gasteiger partial charge in [0.2, 0.25) is 5.91 Å². The van der Waals surface area contributed by atoms with Gasteiger partial charge in [-0.2, -0.15) is 0 Å². The molecule has 0 aromatic heterocycles. The van der Waals surface area contributed by atoms with Gasteiger partial charge in [-0.1, -0.05) is 0 Å². The molecule has 0 saturated heterocycles. The number of amides is 1. The Bertz CT molecular complexity index is 461. The molecule has 0 saturated carbocycles. The molecule has 0 atom stereocenters. The Kier molecular flexibility index (Phi) is 7.05. The largest absolute Gasteiger partial charge is 0.508 e. The molecule has 0 fully saturated rings. The lowest BCUT2D eigenvalue weighted by molar-refractivity contribution is -0.134. The van der Waals surface area contributed by atoms with Crippen LogP contribution in [0.3, 0.4) is 0 Å². The highest BCUT2D eigenvalue weighted by molar-refractivity contribution is 5.89. The Hall–Kier alpha value is -2.83. The molecule has 0 bridgehead atoms. The number of aliphatic carboxylic acids is 2. The fraction of sp³-hybridized carbons (Fsp3) is 0.0833. The molecule has 0 aliphatic rings. The minimum absolute atomic E-state index is 0.115. The second-order valence-corrected chi connectivity index (χ2v) is 3.24. The summed E-state index contributed by atoms with van der Waals surface area (Å²) in [4.78, 5) is 29.6. The zero-order valence-electron chi connectivity index (χ0n) is 10.0. The quantitative estimate of drug-likeness (QED) is 0.479. The van der Waals surface area contributed by atoms with Crippen molar-refractivity contribution in [3.63, 3.8) is 0 Å². The molecule has 0 aliphatic carbocycles. The van der Waals surface area contributed by atoms with Crippen LogP contribution in [0.4, 0.5) is 5.69 Å². The maximum Gasteiger partial charge on any atom is 0.328 e. The standard InChI is InChI=1S/C8H9NO2.C4H4O4/c1-6(10)9-7-2-4-8(11)5-3-7;5-3(6)1-2-4(7)8/h2-5,11H,1H3,(H,9,10);1-2H,(H,5,6)(H,7,8)/b;2-1+. The molecular formula is C12H13NO6. The summed E-state index contributed by atoms with van der Waals surface area (Å²) in [6, 6.07) is 6.31. The monoisotopic (exact) mass is 267 g/mol. The van der Waals surface area contributed by atoms with Crippen LogP contribution in [-0.4, -0.2) is 33.2 Å². The molecule has 102 valence electrons. The molecule has 0 radical (unpaired) electrons. The molecule has 7 heteroatoms.